The zero-order chi connectivity index (χ0) is 26.2. The average molecular weight is 516 g/mol. The molecule has 0 amide bonds. The number of hydrogen-bond donors (Lipinski definition) is 3. The second kappa shape index (κ2) is 9.62. The van der Waals surface area contributed by atoms with E-state index >= 15 is 0 Å². The molecule has 3 N–H and O–H groups in total. The van der Waals surface area contributed by atoms with Gasteiger partial charge in [0.25, 0.3) is 6.02 Å². The summed E-state index contributed by atoms with van der Waals surface area (Å²) < 4.78 is 73.6. The lowest BCUT2D eigenvalue weighted by molar-refractivity contribution is 0.0181. The van der Waals surface area contributed by atoms with Gasteiger partial charge in [-0.2, -0.15) is 0 Å². The zero-order valence-corrected chi connectivity index (χ0v) is 19.3. The van der Waals surface area contributed by atoms with Gasteiger partial charge in [0.15, 0.2) is 34.6 Å². The van der Waals surface area contributed by atoms with Crippen LogP contribution < -0.4 is 14.8 Å². The quantitative estimate of drug-likeness (QED) is 0.314. The van der Waals surface area contributed by atoms with Crippen LogP contribution in [-0.2, 0) is 4.74 Å². The third-order valence-electron chi connectivity index (χ3n) is 5.72. The Balaban J connectivity index is 1.45. The summed E-state index contributed by atoms with van der Waals surface area (Å²) in [6, 6.07) is 7.50. The summed E-state index contributed by atoms with van der Waals surface area (Å²) in [5, 5.41) is 12.0. The minimum absolute atomic E-state index is 0.0264. The van der Waals surface area contributed by atoms with E-state index in [9.17, 15) is 17.6 Å². The number of aromatic nitrogens is 2. The highest BCUT2D eigenvalue weighted by molar-refractivity contribution is 5.98. The number of benzene rings is 2. The highest BCUT2D eigenvalue weighted by Crippen LogP contribution is 2.39. The molecular formula is C25H20F4N4O4. The fraction of sp³-hybridized carbons (Fsp3) is 0.200. The van der Waals surface area contributed by atoms with Gasteiger partial charge in [0.05, 0.1) is 25.6 Å². The monoisotopic (exact) mass is 516 g/mol. The number of nitrogens with one attached hydrogen (secondary N) is 2. The van der Waals surface area contributed by atoms with Crippen LogP contribution >= 0.6 is 0 Å². The lowest BCUT2D eigenvalue weighted by atomic mass is 10.0. The largest absolute Gasteiger partial charge is 0.494 e. The molecule has 0 unspecified atom stereocenters. The third-order valence-corrected chi connectivity index (χ3v) is 5.72. The maximum atomic E-state index is 15.0. The minimum Gasteiger partial charge on any atom is -0.494 e. The molecule has 0 saturated carbocycles. The number of anilines is 1. The van der Waals surface area contributed by atoms with Gasteiger partial charge in [-0.05, 0) is 23.8 Å². The fourth-order valence-corrected chi connectivity index (χ4v) is 3.80. The molecule has 0 fully saturated rings. The van der Waals surface area contributed by atoms with Crippen LogP contribution in [0.5, 0.6) is 17.2 Å². The van der Waals surface area contributed by atoms with E-state index in [4.69, 9.17) is 19.3 Å². The lowest BCUT2D eigenvalue weighted by Crippen LogP contribution is -2.43. The minimum atomic E-state index is -2.01. The van der Waals surface area contributed by atoms with Gasteiger partial charge in [-0.1, -0.05) is 6.07 Å². The number of alkyl halides is 1. The molecule has 1 aliphatic rings. The summed E-state index contributed by atoms with van der Waals surface area (Å²) in [6.45, 7) is -1.59. The van der Waals surface area contributed by atoms with Gasteiger partial charge in [0.1, 0.15) is 18.0 Å². The number of rotatable bonds is 6. The van der Waals surface area contributed by atoms with E-state index in [-0.39, 0.29) is 29.8 Å². The predicted octanol–water partition coefficient (Wildman–Crippen LogP) is 4.95. The number of fused-ring (bicyclic) bond motifs is 1. The summed E-state index contributed by atoms with van der Waals surface area (Å²) in [5.41, 5.74) is -0.554. The van der Waals surface area contributed by atoms with Crippen LogP contribution in [0.4, 0.5) is 23.2 Å². The van der Waals surface area contributed by atoms with Gasteiger partial charge in [0, 0.05) is 35.8 Å². The number of methoxy groups -OCH3 is 1. The standard InChI is InChI=1S/C25H20F4N4O4/c1-35-20-6-13(2-3-16(20)26)15-9-31-23-21(15)19(4-5-30-23)37-22-17(27)7-14(8-18(22)28)33-24-32-10-25(29,11-34)12-36-24/h2-9,34H,10-12H2,1H3,(H,30,31)(H,32,33)/t25-/m1/s1. The second-order valence-electron chi connectivity index (χ2n) is 8.30. The molecular weight excluding hydrogens is 496 g/mol. The van der Waals surface area contributed by atoms with Crippen LogP contribution in [0.1, 0.15) is 0 Å². The Bertz CT molecular complexity index is 1490. The molecule has 0 spiro atoms. The van der Waals surface area contributed by atoms with Crippen LogP contribution in [0.15, 0.2) is 53.8 Å². The summed E-state index contributed by atoms with van der Waals surface area (Å²) in [5.74, 6) is -3.14. The molecule has 0 radical (unpaired) electrons. The van der Waals surface area contributed by atoms with Gasteiger partial charge < -0.3 is 29.6 Å². The third kappa shape index (κ3) is 4.75. The number of halogens is 4. The molecule has 0 saturated heterocycles. The van der Waals surface area contributed by atoms with E-state index in [1.807, 2.05) is 0 Å². The molecule has 37 heavy (non-hydrogen) atoms. The Morgan fingerprint density at radius 2 is 1.89 bits per heavy atom. The Labute approximate surface area is 207 Å². The maximum absolute atomic E-state index is 15.0. The summed E-state index contributed by atoms with van der Waals surface area (Å²) >= 11 is 0. The first kappa shape index (κ1) is 24.4. The van der Waals surface area contributed by atoms with Crippen LogP contribution in [0, 0.1) is 17.5 Å². The average Bonchev–Trinajstić information content (AvgIpc) is 3.33. The summed E-state index contributed by atoms with van der Waals surface area (Å²) in [4.78, 5) is 11.0. The van der Waals surface area contributed by atoms with Crippen molar-refractivity contribution in [1.82, 2.24) is 9.97 Å². The Hall–Kier alpha value is -4.32. The van der Waals surface area contributed by atoms with E-state index in [0.717, 1.165) is 12.1 Å². The first-order valence-corrected chi connectivity index (χ1v) is 11.0. The molecule has 8 nitrogen and oxygen atoms in total. The number of H-pyrrole nitrogens is 1. The van der Waals surface area contributed by atoms with Crippen molar-refractivity contribution in [2.45, 2.75) is 5.67 Å². The van der Waals surface area contributed by atoms with Gasteiger partial charge >= 0.3 is 0 Å². The van der Waals surface area contributed by atoms with Crippen molar-refractivity contribution >= 4 is 22.7 Å². The van der Waals surface area contributed by atoms with Crippen molar-refractivity contribution in [3.05, 3.63) is 66.2 Å². The molecule has 192 valence electrons. The summed E-state index contributed by atoms with van der Waals surface area (Å²) in [6.07, 6.45) is 3.02. The number of hydrogen-bond acceptors (Lipinski definition) is 7. The van der Waals surface area contributed by atoms with E-state index < -0.39 is 42.1 Å². The van der Waals surface area contributed by atoms with Gasteiger partial charge in [-0.15, -0.1) is 0 Å². The smallest absolute Gasteiger partial charge is 0.289 e. The number of amidine groups is 1. The van der Waals surface area contributed by atoms with Crippen molar-refractivity contribution in [2.75, 3.05) is 32.2 Å². The molecule has 0 bridgehead atoms. The molecule has 3 heterocycles. The normalized spacial score (nSPS) is 17.3. The number of ether oxygens (including phenoxy) is 3. The highest BCUT2D eigenvalue weighted by Gasteiger charge is 2.34. The second-order valence-corrected chi connectivity index (χ2v) is 8.30. The van der Waals surface area contributed by atoms with Gasteiger partial charge in [-0.3, -0.25) is 0 Å². The molecule has 5 rings (SSSR count). The van der Waals surface area contributed by atoms with Crippen LogP contribution in [0.25, 0.3) is 22.2 Å². The molecule has 1 aliphatic heterocycles. The Morgan fingerprint density at radius 1 is 1.11 bits per heavy atom. The fourth-order valence-electron chi connectivity index (χ4n) is 3.80. The first-order chi connectivity index (χ1) is 17.8. The Morgan fingerprint density at radius 3 is 2.57 bits per heavy atom. The molecule has 2 aromatic heterocycles. The van der Waals surface area contributed by atoms with Crippen molar-refractivity contribution < 1.29 is 36.9 Å². The maximum Gasteiger partial charge on any atom is 0.289 e. The van der Waals surface area contributed by atoms with Gasteiger partial charge in [-0.25, -0.2) is 27.5 Å². The highest BCUT2D eigenvalue weighted by atomic mass is 19.1. The topological polar surface area (TPSA) is 101 Å². The number of pyridine rings is 1. The van der Waals surface area contributed by atoms with E-state index in [1.165, 1.54) is 37.6 Å². The molecule has 2 aromatic carbocycles. The zero-order valence-electron chi connectivity index (χ0n) is 19.3. The van der Waals surface area contributed by atoms with Gasteiger partial charge in [0.2, 0.25) is 0 Å². The van der Waals surface area contributed by atoms with E-state index in [2.05, 4.69) is 20.3 Å². The lowest BCUT2D eigenvalue weighted by Gasteiger charge is -2.26. The first-order valence-electron chi connectivity index (χ1n) is 11.0. The van der Waals surface area contributed by atoms with Crippen molar-refractivity contribution in [2.24, 2.45) is 4.99 Å². The number of nitrogens with zero attached hydrogens (tertiary/aromatic N) is 2. The van der Waals surface area contributed by atoms with Crippen molar-refractivity contribution in [1.29, 1.82) is 0 Å². The van der Waals surface area contributed by atoms with E-state index in [1.54, 1.807) is 6.20 Å². The number of aliphatic imine (C=N–C) groups is 1. The van der Waals surface area contributed by atoms with Crippen molar-refractivity contribution in [3.8, 4) is 28.4 Å². The van der Waals surface area contributed by atoms with Crippen molar-refractivity contribution in [3.63, 3.8) is 0 Å². The van der Waals surface area contributed by atoms with Crippen LogP contribution in [-0.4, -0.2) is 53.6 Å². The van der Waals surface area contributed by atoms with E-state index in [0.29, 0.717) is 22.2 Å². The SMILES string of the molecule is COc1cc(-c2c[nH]c3nccc(Oc4c(F)cc(NC5=NC[C@@](F)(CO)CO5)cc4F)c23)ccc1F. The molecule has 4 aromatic rings. The molecule has 1 atom stereocenters. The number of aromatic amines is 1. The number of aliphatic hydroxyl groups is 1. The number of aliphatic hydroxyl groups excluding tert-OH is 1. The molecule has 12 heteroatoms. The van der Waals surface area contributed by atoms with Crippen LogP contribution in [0.3, 0.4) is 0 Å². The predicted molar refractivity (Wildman–Crippen MR) is 127 cm³/mol. The molecule has 0 aliphatic carbocycles. The Kier molecular flexibility index (Phi) is 6.34. The summed E-state index contributed by atoms with van der Waals surface area (Å²) in [7, 11) is 1.34. The van der Waals surface area contributed by atoms with Crippen LogP contribution in [0.2, 0.25) is 0 Å².